The summed E-state index contributed by atoms with van der Waals surface area (Å²) in [5.41, 5.74) is 1.73. The van der Waals surface area contributed by atoms with Crippen LogP contribution in [0.3, 0.4) is 0 Å². The van der Waals surface area contributed by atoms with E-state index in [-0.39, 0.29) is 18.0 Å². The minimum Gasteiger partial charge on any atom is -0.506 e. The third-order valence-electron chi connectivity index (χ3n) is 5.30. The van der Waals surface area contributed by atoms with Crippen LogP contribution in [0, 0.1) is 12.8 Å². The molecule has 2 N–H and O–H groups in total. The molecule has 0 unspecified atom stereocenters. The number of phenolic OH excluding ortho intramolecular Hbond substituents is 1. The first-order chi connectivity index (χ1) is 13.2. The van der Waals surface area contributed by atoms with Gasteiger partial charge >= 0.3 is 10.2 Å². The lowest BCUT2D eigenvalue weighted by Crippen LogP contribution is -2.46. The van der Waals surface area contributed by atoms with E-state index in [1.165, 1.54) is 6.42 Å². The van der Waals surface area contributed by atoms with Crippen LogP contribution in [-0.2, 0) is 21.5 Å². The summed E-state index contributed by atoms with van der Waals surface area (Å²) >= 11 is 0. The number of carbonyl (C=O) groups is 1. The van der Waals surface area contributed by atoms with Crippen LogP contribution >= 0.6 is 0 Å². The molecule has 8 nitrogen and oxygen atoms in total. The zero-order chi connectivity index (χ0) is 20.5. The first-order valence-corrected chi connectivity index (χ1v) is 11.2. The molecular formula is C19H30N4O4S. The highest BCUT2D eigenvalue weighted by atomic mass is 32.2. The van der Waals surface area contributed by atoms with Crippen LogP contribution in [-0.4, -0.2) is 68.5 Å². The molecule has 28 heavy (non-hydrogen) atoms. The first-order valence-electron chi connectivity index (χ1n) is 9.76. The number of nitrogens with one attached hydrogen (secondary N) is 1. The summed E-state index contributed by atoms with van der Waals surface area (Å²) in [4.78, 5) is 16.3. The smallest absolute Gasteiger partial charge is 0.326 e. The molecule has 2 aliphatic heterocycles. The second-order valence-corrected chi connectivity index (χ2v) is 9.71. The molecular weight excluding hydrogens is 380 g/mol. The predicted octanol–water partition coefficient (Wildman–Crippen LogP) is 1.05. The number of aromatic hydroxyl groups is 1. The maximum Gasteiger partial charge on any atom is 0.326 e. The fourth-order valence-corrected chi connectivity index (χ4v) is 4.99. The van der Waals surface area contributed by atoms with Gasteiger partial charge in [-0.3, -0.25) is 9.69 Å². The molecule has 2 heterocycles. The molecule has 0 saturated carbocycles. The van der Waals surface area contributed by atoms with Gasteiger partial charge in [-0.2, -0.15) is 8.42 Å². The molecule has 9 heteroatoms. The van der Waals surface area contributed by atoms with Gasteiger partial charge in [0.15, 0.2) is 0 Å². The Bertz CT molecular complexity index is 809. The summed E-state index contributed by atoms with van der Waals surface area (Å²) in [6.07, 6.45) is 1.21. The summed E-state index contributed by atoms with van der Waals surface area (Å²) in [7, 11) is -3.93. The van der Waals surface area contributed by atoms with Crippen LogP contribution in [0.2, 0.25) is 0 Å². The number of rotatable bonds is 6. The number of nitrogens with zero attached hydrogens (tertiary/aromatic N) is 3. The number of piperazine rings is 1. The van der Waals surface area contributed by atoms with Crippen LogP contribution in [0.1, 0.15) is 31.4 Å². The molecule has 1 aromatic carbocycles. The molecule has 0 atom stereocenters. The van der Waals surface area contributed by atoms with Crippen LogP contribution in [0.15, 0.2) is 12.1 Å². The van der Waals surface area contributed by atoms with E-state index in [2.05, 4.69) is 23.6 Å². The van der Waals surface area contributed by atoms with Gasteiger partial charge in [-0.25, -0.2) is 9.03 Å². The zero-order valence-corrected chi connectivity index (χ0v) is 17.6. The Kier molecular flexibility index (Phi) is 6.16. The molecule has 0 bridgehead atoms. The zero-order valence-electron chi connectivity index (χ0n) is 16.8. The highest BCUT2D eigenvalue weighted by Gasteiger charge is 2.36. The standard InChI is InChI=1S/C19H30N4O4S/c1-14(2)4-5-21-6-8-22(9-7-21)12-16-10-15(3)19(17(24)11-16)23-13-18(25)20-28(23,26)27/h10-11,14,24H,4-9,12-13H2,1-3H3,(H,20,25). The molecule has 1 amide bonds. The van der Waals surface area contributed by atoms with Gasteiger partial charge in [-0.05, 0) is 43.0 Å². The predicted molar refractivity (Wildman–Crippen MR) is 108 cm³/mol. The van der Waals surface area contributed by atoms with E-state index in [9.17, 15) is 18.3 Å². The summed E-state index contributed by atoms with van der Waals surface area (Å²) in [5, 5.41) is 10.5. The van der Waals surface area contributed by atoms with Gasteiger partial charge < -0.3 is 10.0 Å². The van der Waals surface area contributed by atoms with Gasteiger partial charge in [0.2, 0.25) is 0 Å². The largest absolute Gasteiger partial charge is 0.506 e. The number of phenols is 1. The van der Waals surface area contributed by atoms with Crippen LogP contribution in [0.5, 0.6) is 5.75 Å². The summed E-state index contributed by atoms with van der Waals surface area (Å²) < 4.78 is 27.0. The molecule has 0 aromatic heterocycles. The van der Waals surface area contributed by atoms with Crippen LogP contribution < -0.4 is 9.03 Å². The lowest BCUT2D eigenvalue weighted by molar-refractivity contribution is -0.117. The number of anilines is 1. The van der Waals surface area contributed by atoms with E-state index in [0.29, 0.717) is 18.0 Å². The molecule has 2 fully saturated rings. The van der Waals surface area contributed by atoms with Crippen molar-refractivity contribution in [1.29, 1.82) is 0 Å². The molecule has 2 aliphatic rings. The Morgan fingerprint density at radius 3 is 2.32 bits per heavy atom. The molecule has 2 saturated heterocycles. The monoisotopic (exact) mass is 410 g/mol. The second-order valence-electron chi connectivity index (χ2n) is 8.12. The average Bonchev–Trinajstić information content (AvgIpc) is 2.86. The number of carbonyl (C=O) groups excluding carboxylic acids is 1. The highest BCUT2D eigenvalue weighted by molar-refractivity contribution is 7.92. The van der Waals surface area contributed by atoms with Crippen molar-refractivity contribution in [3.8, 4) is 5.75 Å². The van der Waals surface area contributed by atoms with Crippen molar-refractivity contribution in [2.75, 3.05) is 43.6 Å². The Morgan fingerprint density at radius 1 is 1.14 bits per heavy atom. The Hall–Kier alpha value is -1.84. The number of hydrogen-bond donors (Lipinski definition) is 2. The topological polar surface area (TPSA) is 93.2 Å². The van der Waals surface area contributed by atoms with Crippen LogP contribution in [0.25, 0.3) is 0 Å². The van der Waals surface area contributed by atoms with Gasteiger partial charge in [0.1, 0.15) is 12.3 Å². The molecule has 1 aromatic rings. The van der Waals surface area contributed by atoms with Gasteiger partial charge in [0.05, 0.1) is 5.69 Å². The fourth-order valence-electron chi connectivity index (χ4n) is 3.77. The molecule has 0 radical (unpaired) electrons. The van der Waals surface area contributed by atoms with E-state index in [0.717, 1.165) is 42.6 Å². The summed E-state index contributed by atoms with van der Waals surface area (Å²) in [6.45, 7) is 11.8. The molecule has 156 valence electrons. The molecule has 3 rings (SSSR count). The van der Waals surface area contributed by atoms with Crippen molar-refractivity contribution in [1.82, 2.24) is 14.5 Å². The maximum absolute atomic E-state index is 12.1. The third-order valence-corrected chi connectivity index (χ3v) is 6.68. The number of amides is 1. The number of benzene rings is 1. The summed E-state index contributed by atoms with van der Waals surface area (Å²) in [6, 6.07) is 3.49. The normalized spacial score (nSPS) is 20.7. The maximum atomic E-state index is 12.1. The van der Waals surface area contributed by atoms with E-state index < -0.39 is 16.1 Å². The Labute approximate surface area is 167 Å². The Balaban J connectivity index is 1.65. The molecule has 0 aliphatic carbocycles. The summed E-state index contributed by atoms with van der Waals surface area (Å²) in [5.74, 6) is -0.00346. The van der Waals surface area contributed by atoms with Gasteiger partial charge in [0, 0.05) is 32.7 Å². The van der Waals surface area contributed by atoms with Crippen molar-refractivity contribution in [3.05, 3.63) is 23.3 Å². The van der Waals surface area contributed by atoms with E-state index in [4.69, 9.17) is 0 Å². The molecule has 0 spiro atoms. The SMILES string of the molecule is Cc1cc(CN2CCN(CCC(C)C)CC2)cc(O)c1N1CC(=O)NS1(=O)=O. The fraction of sp³-hybridized carbons (Fsp3) is 0.632. The van der Waals surface area contributed by atoms with Crippen molar-refractivity contribution in [2.45, 2.75) is 33.7 Å². The lowest BCUT2D eigenvalue weighted by Gasteiger charge is -2.35. The number of aryl methyl sites for hydroxylation is 1. The minimum atomic E-state index is -3.93. The minimum absolute atomic E-state index is 0.120. The van der Waals surface area contributed by atoms with Crippen molar-refractivity contribution in [3.63, 3.8) is 0 Å². The lowest BCUT2D eigenvalue weighted by atomic mass is 10.1. The second kappa shape index (κ2) is 8.26. The average molecular weight is 411 g/mol. The van der Waals surface area contributed by atoms with Crippen molar-refractivity contribution >= 4 is 21.8 Å². The Morgan fingerprint density at radius 2 is 1.79 bits per heavy atom. The van der Waals surface area contributed by atoms with E-state index in [1.54, 1.807) is 13.0 Å². The van der Waals surface area contributed by atoms with Gasteiger partial charge in [-0.15, -0.1) is 0 Å². The number of hydrogen-bond acceptors (Lipinski definition) is 6. The van der Waals surface area contributed by atoms with Crippen molar-refractivity contribution in [2.24, 2.45) is 5.92 Å². The highest BCUT2D eigenvalue weighted by Crippen LogP contribution is 2.35. The van der Waals surface area contributed by atoms with E-state index in [1.807, 2.05) is 10.8 Å². The van der Waals surface area contributed by atoms with E-state index >= 15 is 0 Å². The first kappa shape index (κ1) is 20.9. The quantitative estimate of drug-likeness (QED) is 0.728. The van der Waals surface area contributed by atoms with Gasteiger partial charge in [0.25, 0.3) is 5.91 Å². The van der Waals surface area contributed by atoms with Crippen LogP contribution in [0.4, 0.5) is 5.69 Å². The van der Waals surface area contributed by atoms with Crippen molar-refractivity contribution < 1.29 is 18.3 Å². The third kappa shape index (κ3) is 4.76. The van der Waals surface area contributed by atoms with Gasteiger partial charge in [-0.1, -0.05) is 19.9 Å².